The zero-order chi connectivity index (χ0) is 14.9. The Balaban J connectivity index is 2.31. The molecule has 0 aliphatic rings. The van der Waals surface area contributed by atoms with E-state index in [4.69, 9.17) is 0 Å². The van der Waals surface area contributed by atoms with Crippen molar-refractivity contribution < 1.29 is 9.72 Å². The zero-order valence-electron chi connectivity index (χ0n) is 10.2. The number of hydrogen-bond acceptors (Lipinski definition) is 3. The molecule has 0 fully saturated rings. The fourth-order valence-electron chi connectivity index (χ4n) is 1.64. The van der Waals surface area contributed by atoms with Crippen molar-refractivity contribution in [1.82, 2.24) is 4.98 Å². The van der Waals surface area contributed by atoms with Gasteiger partial charge in [-0.2, -0.15) is 0 Å². The van der Waals surface area contributed by atoms with Gasteiger partial charge in [0.2, 0.25) is 0 Å². The molecule has 0 aliphatic heterocycles. The van der Waals surface area contributed by atoms with E-state index < -0.39 is 4.92 Å². The van der Waals surface area contributed by atoms with Crippen molar-refractivity contribution in [3.63, 3.8) is 0 Å². The molecule has 0 unspecified atom stereocenters. The van der Waals surface area contributed by atoms with Gasteiger partial charge in [0, 0.05) is 26.8 Å². The molecule has 2 rings (SSSR count). The number of carbonyl (C=O) groups excluding carboxylic acids is 1. The van der Waals surface area contributed by atoms with Crippen LogP contribution < -0.4 is 5.32 Å². The highest BCUT2D eigenvalue weighted by Gasteiger charge is 2.17. The summed E-state index contributed by atoms with van der Waals surface area (Å²) in [5.41, 5.74) is 1.17. The van der Waals surface area contributed by atoms with E-state index in [9.17, 15) is 14.9 Å². The largest absolute Gasteiger partial charge is 0.356 e. The molecule has 0 aliphatic carbocycles. The van der Waals surface area contributed by atoms with Crippen LogP contribution in [0.3, 0.4) is 0 Å². The summed E-state index contributed by atoms with van der Waals surface area (Å²) in [5.74, 6) is -0.380. The van der Waals surface area contributed by atoms with Crippen molar-refractivity contribution >= 4 is 49.1 Å². The molecule has 1 aromatic heterocycles. The van der Waals surface area contributed by atoms with Crippen LogP contribution in [-0.2, 0) is 0 Å². The van der Waals surface area contributed by atoms with E-state index in [2.05, 4.69) is 42.2 Å². The number of aryl methyl sites for hydroxylation is 1. The Labute approximate surface area is 131 Å². The molecule has 0 spiro atoms. The van der Waals surface area contributed by atoms with Crippen molar-refractivity contribution in [1.29, 1.82) is 0 Å². The monoisotopic (exact) mass is 401 g/mol. The summed E-state index contributed by atoms with van der Waals surface area (Å²) in [6.07, 6.45) is 1.63. The summed E-state index contributed by atoms with van der Waals surface area (Å²) in [6.45, 7) is 1.64. The third kappa shape index (κ3) is 3.07. The Bertz CT molecular complexity index is 697. The number of hydrogen-bond donors (Lipinski definition) is 2. The standard InChI is InChI=1S/C12H9Br2N3O3/c1-6-2-8(14)9(4-11(6)17(19)20)16-12(18)10-3-7(13)5-15-10/h2-5,15H,1H3,(H,16,18). The number of nitrogens with one attached hydrogen (secondary N) is 2. The lowest BCUT2D eigenvalue weighted by Crippen LogP contribution is -2.13. The van der Waals surface area contributed by atoms with E-state index in [1.165, 1.54) is 6.07 Å². The van der Waals surface area contributed by atoms with Crippen molar-refractivity contribution in [3.8, 4) is 0 Å². The smallest absolute Gasteiger partial charge is 0.274 e. The predicted octanol–water partition coefficient (Wildman–Crippen LogP) is 4.01. The number of nitrogens with zero attached hydrogens (tertiary/aromatic N) is 1. The van der Waals surface area contributed by atoms with Crippen molar-refractivity contribution in [3.05, 3.63) is 54.7 Å². The Morgan fingerprint density at radius 3 is 2.60 bits per heavy atom. The Hall–Kier alpha value is -1.67. The molecule has 8 heteroatoms. The summed E-state index contributed by atoms with van der Waals surface area (Å²) in [5, 5.41) is 13.5. The number of nitro groups is 1. The van der Waals surface area contributed by atoms with Crippen LogP contribution in [0.2, 0.25) is 0 Å². The number of halogens is 2. The van der Waals surface area contributed by atoms with Gasteiger partial charge in [0.15, 0.2) is 0 Å². The topological polar surface area (TPSA) is 88.0 Å². The van der Waals surface area contributed by atoms with Gasteiger partial charge in [-0.3, -0.25) is 14.9 Å². The van der Waals surface area contributed by atoms with Gasteiger partial charge in [0.1, 0.15) is 5.69 Å². The first-order valence-electron chi connectivity index (χ1n) is 5.48. The second kappa shape index (κ2) is 5.76. The second-order valence-electron chi connectivity index (χ2n) is 4.06. The van der Waals surface area contributed by atoms with Gasteiger partial charge in [0.25, 0.3) is 11.6 Å². The first-order chi connectivity index (χ1) is 9.38. The second-order valence-corrected chi connectivity index (χ2v) is 5.83. The normalized spacial score (nSPS) is 10.3. The third-order valence-electron chi connectivity index (χ3n) is 2.62. The number of aromatic nitrogens is 1. The molecular formula is C12H9Br2N3O3. The predicted molar refractivity (Wildman–Crippen MR) is 82.0 cm³/mol. The number of anilines is 1. The first-order valence-corrected chi connectivity index (χ1v) is 7.07. The van der Waals surface area contributed by atoms with E-state index in [0.29, 0.717) is 21.4 Å². The van der Waals surface area contributed by atoms with Crippen LogP contribution in [0, 0.1) is 17.0 Å². The van der Waals surface area contributed by atoms with Gasteiger partial charge in [0.05, 0.1) is 10.6 Å². The molecular weight excluding hydrogens is 394 g/mol. The van der Waals surface area contributed by atoms with E-state index in [1.54, 1.807) is 25.3 Å². The molecule has 1 amide bonds. The van der Waals surface area contributed by atoms with Gasteiger partial charge in [-0.05, 0) is 50.9 Å². The van der Waals surface area contributed by atoms with Gasteiger partial charge in [-0.1, -0.05) is 0 Å². The zero-order valence-corrected chi connectivity index (χ0v) is 13.4. The van der Waals surface area contributed by atoms with Crippen LogP contribution in [0.1, 0.15) is 16.1 Å². The summed E-state index contributed by atoms with van der Waals surface area (Å²) in [4.78, 5) is 25.2. The molecule has 0 bridgehead atoms. The third-order valence-corrected chi connectivity index (χ3v) is 3.74. The number of rotatable bonds is 3. The molecule has 1 aromatic carbocycles. The highest BCUT2D eigenvalue weighted by molar-refractivity contribution is 9.10. The molecule has 0 saturated heterocycles. The summed E-state index contributed by atoms with van der Waals surface area (Å²) in [6, 6.07) is 4.54. The number of amides is 1. The van der Waals surface area contributed by atoms with Crippen LogP contribution >= 0.6 is 31.9 Å². The first kappa shape index (κ1) is 14.7. The minimum Gasteiger partial charge on any atom is -0.356 e. The number of nitro benzene ring substituents is 1. The molecule has 104 valence electrons. The Morgan fingerprint density at radius 1 is 1.35 bits per heavy atom. The lowest BCUT2D eigenvalue weighted by atomic mass is 10.2. The summed E-state index contributed by atoms with van der Waals surface area (Å²) >= 11 is 6.51. The van der Waals surface area contributed by atoms with E-state index in [-0.39, 0.29) is 11.6 Å². The maximum Gasteiger partial charge on any atom is 0.274 e. The average molecular weight is 403 g/mol. The minimum atomic E-state index is -0.483. The minimum absolute atomic E-state index is 0.0452. The van der Waals surface area contributed by atoms with Gasteiger partial charge in [-0.15, -0.1) is 0 Å². The number of carbonyl (C=O) groups is 1. The average Bonchev–Trinajstić information content (AvgIpc) is 2.79. The highest BCUT2D eigenvalue weighted by Crippen LogP contribution is 2.31. The van der Waals surface area contributed by atoms with E-state index in [0.717, 1.165) is 4.47 Å². The summed E-state index contributed by atoms with van der Waals surface area (Å²) < 4.78 is 1.33. The maximum atomic E-state index is 12.0. The molecule has 1 heterocycles. The highest BCUT2D eigenvalue weighted by atomic mass is 79.9. The van der Waals surface area contributed by atoms with Gasteiger partial charge < -0.3 is 10.3 Å². The molecule has 6 nitrogen and oxygen atoms in total. The Kier molecular flexibility index (Phi) is 4.24. The van der Waals surface area contributed by atoms with Crippen LogP contribution in [0.5, 0.6) is 0 Å². The van der Waals surface area contributed by atoms with Crippen LogP contribution in [-0.4, -0.2) is 15.8 Å². The van der Waals surface area contributed by atoms with Crippen LogP contribution in [0.4, 0.5) is 11.4 Å². The van der Waals surface area contributed by atoms with Crippen molar-refractivity contribution in [2.45, 2.75) is 6.92 Å². The molecule has 0 radical (unpaired) electrons. The Morgan fingerprint density at radius 2 is 2.05 bits per heavy atom. The van der Waals surface area contributed by atoms with Crippen molar-refractivity contribution in [2.75, 3.05) is 5.32 Å². The van der Waals surface area contributed by atoms with Crippen molar-refractivity contribution in [2.24, 2.45) is 0 Å². The van der Waals surface area contributed by atoms with Gasteiger partial charge >= 0.3 is 0 Å². The molecule has 2 N–H and O–H groups in total. The SMILES string of the molecule is Cc1cc(Br)c(NC(=O)c2cc(Br)c[nH]2)cc1[N+](=O)[O-]. The number of H-pyrrole nitrogens is 1. The maximum absolute atomic E-state index is 12.0. The van der Waals surface area contributed by atoms with Gasteiger partial charge in [-0.25, -0.2) is 0 Å². The van der Waals surface area contributed by atoms with Crippen LogP contribution in [0.25, 0.3) is 0 Å². The summed E-state index contributed by atoms with van der Waals surface area (Å²) in [7, 11) is 0. The van der Waals surface area contributed by atoms with E-state index in [1.807, 2.05) is 0 Å². The molecule has 0 atom stereocenters. The molecule has 2 aromatic rings. The number of aromatic amines is 1. The number of benzene rings is 1. The quantitative estimate of drug-likeness (QED) is 0.600. The van der Waals surface area contributed by atoms with E-state index >= 15 is 0 Å². The lowest BCUT2D eigenvalue weighted by Gasteiger charge is -2.08. The fourth-order valence-corrected chi connectivity index (χ4v) is 2.54. The molecule has 20 heavy (non-hydrogen) atoms. The lowest BCUT2D eigenvalue weighted by molar-refractivity contribution is -0.385. The fraction of sp³-hybridized carbons (Fsp3) is 0.0833. The molecule has 0 saturated carbocycles. The van der Waals surface area contributed by atoms with Crippen LogP contribution in [0.15, 0.2) is 33.3 Å².